The van der Waals surface area contributed by atoms with Crippen LogP contribution in [0.25, 0.3) is 10.6 Å². The lowest BCUT2D eigenvalue weighted by Crippen LogP contribution is -2.25. The summed E-state index contributed by atoms with van der Waals surface area (Å²) in [7, 11) is 6.11. The highest BCUT2D eigenvalue weighted by atomic mass is 32.1. The lowest BCUT2D eigenvalue weighted by Gasteiger charge is -2.11. The van der Waals surface area contributed by atoms with Gasteiger partial charge < -0.3 is 9.47 Å². The number of carbonyl (C=O) groups excluding carboxylic acids is 1. The van der Waals surface area contributed by atoms with Gasteiger partial charge in [-0.1, -0.05) is 6.07 Å². The van der Waals surface area contributed by atoms with Crippen molar-refractivity contribution in [3.05, 3.63) is 29.3 Å². The number of amides is 1. The van der Waals surface area contributed by atoms with Crippen LogP contribution < -0.4 is 9.47 Å². The maximum Gasteiger partial charge on any atom is 0.296 e. The molecule has 112 valence electrons. The van der Waals surface area contributed by atoms with Crippen LogP contribution in [0.5, 0.6) is 11.5 Å². The number of thiazole rings is 1. The molecule has 0 bridgehead atoms. The van der Waals surface area contributed by atoms with Crippen molar-refractivity contribution in [2.75, 3.05) is 28.4 Å². The topological polar surface area (TPSA) is 60.9 Å². The van der Waals surface area contributed by atoms with Crippen LogP contribution in [0.15, 0.2) is 23.6 Å². The molecule has 0 unspecified atom stereocenters. The normalized spacial score (nSPS) is 10.3. The first-order valence-electron chi connectivity index (χ1n) is 6.11. The zero-order valence-corrected chi connectivity index (χ0v) is 13.1. The summed E-state index contributed by atoms with van der Waals surface area (Å²) in [5, 5.41) is 3.49. The van der Waals surface area contributed by atoms with Crippen LogP contribution >= 0.6 is 11.3 Å². The molecule has 0 atom stereocenters. The van der Waals surface area contributed by atoms with Gasteiger partial charge in [-0.05, 0) is 12.1 Å². The van der Waals surface area contributed by atoms with Gasteiger partial charge >= 0.3 is 0 Å². The summed E-state index contributed by atoms with van der Waals surface area (Å²) in [5.74, 6) is 0.905. The van der Waals surface area contributed by atoms with E-state index in [9.17, 15) is 4.79 Å². The highest BCUT2D eigenvalue weighted by Gasteiger charge is 2.19. The number of rotatable bonds is 5. The number of hydrogen-bond acceptors (Lipinski definition) is 6. The number of hydroxylamine groups is 2. The zero-order valence-electron chi connectivity index (χ0n) is 12.2. The van der Waals surface area contributed by atoms with Crippen molar-refractivity contribution < 1.29 is 19.1 Å². The van der Waals surface area contributed by atoms with E-state index in [1.807, 2.05) is 12.1 Å². The summed E-state index contributed by atoms with van der Waals surface area (Å²) in [6.07, 6.45) is 0. The van der Waals surface area contributed by atoms with Gasteiger partial charge in [0.25, 0.3) is 5.91 Å². The smallest absolute Gasteiger partial charge is 0.296 e. The van der Waals surface area contributed by atoms with Gasteiger partial charge in [0.15, 0.2) is 11.5 Å². The van der Waals surface area contributed by atoms with Crippen molar-refractivity contribution in [1.29, 1.82) is 0 Å². The lowest BCUT2D eigenvalue weighted by atomic mass is 10.2. The minimum absolute atomic E-state index is 0.304. The van der Waals surface area contributed by atoms with Gasteiger partial charge in [-0.3, -0.25) is 9.63 Å². The Balaban J connectivity index is 2.40. The van der Waals surface area contributed by atoms with Crippen molar-refractivity contribution >= 4 is 17.2 Å². The third-order valence-corrected chi connectivity index (χ3v) is 3.79. The molecule has 1 aromatic heterocycles. The van der Waals surface area contributed by atoms with Gasteiger partial charge in [-0.25, -0.2) is 10.0 Å². The number of carbonyl (C=O) groups is 1. The van der Waals surface area contributed by atoms with Gasteiger partial charge in [0.1, 0.15) is 10.7 Å². The number of para-hydroxylation sites is 1. The summed E-state index contributed by atoms with van der Waals surface area (Å²) >= 11 is 1.36. The minimum Gasteiger partial charge on any atom is -0.493 e. The molecule has 0 aliphatic heterocycles. The third kappa shape index (κ3) is 2.98. The molecule has 0 saturated carbocycles. The van der Waals surface area contributed by atoms with Crippen molar-refractivity contribution in [2.24, 2.45) is 0 Å². The summed E-state index contributed by atoms with van der Waals surface area (Å²) in [4.78, 5) is 21.2. The van der Waals surface area contributed by atoms with Crippen LogP contribution in [-0.4, -0.2) is 44.3 Å². The highest BCUT2D eigenvalue weighted by Crippen LogP contribution is 2.38. The van der Waals surface area contributed by atoms with Crippen LogP contribution in [0.3, 0.4) is 0 Å². The van der Waals surface area contributed by atoms with E-state index in [2.05, 4.69) is 4.98 Å². The Morgan fingerprint density at radius 3 is 2.62 bits per heavy atom. The highest BCUT2D eigenvalue weighted by molar-refractivity contribution is 7.13. The van der Waals surface area contributed by atoms with Crippen molar-refractivity contribution in [1.82, 2.24) is 10.0 Å². The summed E-state index contributed by atoms with van der Waals surface area (Å²) in [6.45, 7) is 0. The van der Waals surface area contributed by atoms with E-state index in [0.717, 1.165) is 10.6 Å². The first kappa shape index (κ1) is 15.3. The SMILES string of the molecule is COc1cccc(-c2nc(C(=O)N(C)OC)cs2)c1OC. The standard InChI is InChI=1S/C14H16N2O4S/c1-16(20-4)14(17)10-8-21-13(15-10)9-6-5-7-11(18-2)12(9)19-3/h5-8H,1-4H3. The largest absolute Gasteiger partial charge is 0.493 e. The number of hydrogen-bond donors (Lipinski definition) is 0. The Kier molecular flexibility index (Phi) is 4.77. The lowest BCUT2D eigenvalue weighted by molar-refractivity contribution is -0.0760. The summed E-state index contributed by atoms with van der Waals surface area (Å²) in [6, 6.07) is 5.52. The van der Waals surface area contributed by atoms with Crippen molar-refractivity contribution in [3.63, 3.8) is 0 Å². The Morgan fingerprint density at radius 2 is 2.00 bits per heavy atom. The molecule has 0 radical (unpaired) electrons. The monoisotopic (exact) mass is 308 g/mol. The number of nitrogens with zero attached hydrogens (tertiary/aromatic N) is 2. The first-order chi connectivity index (χ1) is 10.1. The van der Waals surface area contributed by atoms with Crippen LogP contribution in [0.1, 0.15) is 10.5 Å². The van der Waals surface area contributed by atoms with Gasteiger partial charge in [-0.15, -0.1) is 11.3 Å². The molecule has 1 heterocycles. The Hall–Kier alpha value is -2.12. The molecule has 6 nitrogen and oxygen atoms in total. The van der Waals surface area contributed by atoms with Crippen molar-refractivity contribution in [3.8, 4) is 22.1 Å². The van der Waals surface area contributed by atoms with E-state index in [1.165, 1.54) is 25.5 Å². The van der Waals surface area contributed by atoms with Gasteiger partial charge in [0.2, 0.25) is 0 Å². The fraction of sp³-hybridized carbons (Fsp3) is 0.286. The molecule has 1 amide bonds. The van der Waals surface area contributed by atoms with Crippen LogP contribution in [-0.2, 0) is 4.84 Å². The molecule has 2 aromatic rings. The molecule has 21 heavy (non-hydrogen) atoms. The zero-order chi connectivity index (χ0) is 15.4. The first-order valence-corrected chi connectivity index (χ1v) is 6.99. The number of aromatic nitrogens is 1. The van der Waals surface area contributed by atoms with E-state index in [0.29, 0.717) is 22.2 Å². The molecule has 0 saturated heterocycles. The quantitative estimate of drug-likeness (QED) is 0.794. The number of methoxy groups -OCH3 is 2. The predicted octanol–water partition coefficient (Wildman–Crippen LogP) is 2.46. The average Bonchev–Trinajstić information content (AvgIpc) is 3.02. The number of ether oxygens (including phenoxy) is 2. The van der Waals surface area contributed by atoms with Crippen LogP contribution in [0.4, 0.5) is 0 Å². The number of benzene rings is 1. The Bertz CT molecular complexity index is 642. The van der Waals surface area contributed by atoms with E-state index in [4.69, 9.17) is 14.3 Å². The maximum absolute atomic E-state index is 12.0. The molecular weight excluding hydrogens is 292 g/mol. The van der Waals surface area contributed by atoms with E-state index in [1.54, 1.807) is 25.7 Å². The van der Waals surface area contributed by atoms with Crippen LogP contribution in [0.2, 0.25) is 0 Å². The van der Waals surface area contributed by atoms with Gasteiger partial charge in [-0.2, -0.15) is 0 Å². The molecule has 0 fully saturated rings. The summed E-state index contributed by atoms with van der Waals surface area (Å²) < 4.78 is 10.6. The molecule has 1 aromatic carbocycles. The van der Waals surface area contributed by atoms with E-state index in [-0.39, 0.29) is 5.91 Å². The second-order valence-corrected chi connectivity index (χ2v) is 4.92. The van der Waals surface area contributed by atoms with E-state index >= 15 is 0 Å². The molecule has 0 spiro atoms. The Morgan fingerprint density at radius 1 is 1.24 bits per heavy atom. The molecule has 0 aliphatic rings. The average molecular weight is 308 g/mol. The fourth-order valence-corrected chi connectivity index (χ4v) is 2.61. The maximum atomic E-state index is 12.0. The van der Waals surface area contributed by atoms with Gasteiger partial charge in [0.05, 0.1) is 26.9 Å². The molecule has 7 heteroatoms. The second kappa shape index (κ2) is 6.55. The second-order valence-electron chi connectivity index (χ2n) is 4.06. The molecular formula is C14H16N2O4S. The molecule has 0 aliphatic carbocycles. The van der Waals surface area contributed by atoms with E-state index < -0.39 is 0 Å². The molecule has 2 rings (SSSR count). The third-order valence-electron chi connectivity index (χ3n) is 2.92. The van der Waals surface area contributed by atoms with Crippen LogP contribution in [0, 0.1) is 0 Å². The summed E-state index contributed by atoms with van der Waals surface area (Å²) in [5.41, 5.74) is 1.10. The van der Waals surface area contributed by atoms with Gasteiger partial charge in [0, 0.05) is 12.4 Å². The fourth-order valence-electron chi connectivity index (χ4n) is 1.80. The molecule has 0 N–H and O–H groups in total. The Labute approximate surface area is 126 Å². The van der Waals surface area contributed by atoms with Crippen molar-refractivity contribution in [2.45, 2.75) is 0 Å². The minimum atomic E-state index is -0.304. The predicted molar refractivity (Wildman–Crippen MR) is 79.8 cm³/mol.